The highest BCUT2D eigenvalue weighted by Crippen LogP contribution is 2.26. The van der Waals surface area contributed by atoms with Crippen molar-refractivity contribution in [2.45, 2.75) is 58.8 Å². The maximum absolute atomic E-state index is 11.4. The fourth-order valence-electron chi connectivity index (χ4n) is 3.79. The topological polar surface area (TPSA) is 58.1 Å². The minimum absolute atomic E-state index is 0.213. The number of amides is 1. The zero-order valence-corrected chi connectivity index (χ0v) is 14.4. The highest BCUT2D eigenvalue weighted by Gasteiger charge is 2.21. The van der Waals surface area contributed by atoms with Gasteiger partial charge in [-0.15, -0.1) is 0 Å². The summed E-state index contributed by atoms with van der Waals surface area (Å²) in [5.74, 6) is 2.87. The van der Waals surface area contributed by atoms with E-state index in [4.69, 9.17) is 0 Å². The second kappa shape index (κ2) is 7.28. The molecule has 0 atom stereocenters. The third-order valence-corrected chi connectivity index (χ3v) is 5.20. The van der Waals surface area contributed by atoms with Gasteiger partial charge in [-0.25, -0.2) is 9.97 Å². The van der Waals surface area contributed by atoms with Crippen molar-refractivity contribution >= 4 is 11.7 Å². The molecule has 0 radical (unpaired) electrons. The van der Waals surface area contributed by atoms with Gasteiger partial charge in [0.1, 0.15) is 11.6 Å². The third-order valence-electron chi connectivity index (χ3n) is 5.20. The number of carbonyl (C=O) groups excluding carboxylic acids is 1. The van der Waals surface area contributed by atoms with E-state index in [1.165, 1.54) is 24.1 Å². The molecule has 0 aromatic carbocycles. The molecule has 1 aliphatic heterocycles. The number of hydrogen-bond acceptors (Lipinski definition) is 4. The predicted molar refractivity (Wildman–Crippen MR) is 91.5 cm³/mol. The molecule has 126 valence electrons. The van der Waals surface area contributed by atoms with Gasteiger partial charge in [-0.2, -0.15) is 0 Å². The number of nitrogens with one attached hydrogen (secondary N) is 1. The fourth-order valence-corrected chi connectivity index (χ4v) is 3.79. The number of anilines is 1. The van der Waals surface area contributed by atoms with E-state index in [0.29, 0.717) is 0 Å². The fraction of sp³-hybridized carbons (Fsp3) is 0.722. The van der Waals surface area contributed by atoms with Gasteiger partial charge in [-0.3, -0.25) is 4.79 Å². The van der Waals surface area contributed by atoms with Gasteiger partial charge in [0.15, 0.2) is 0 Å². The zero-order chi connectivity index (χ0) is 16.2. The summed E-state index contributed by atoms with van der Waals surface area (Å²) in [7, 11) is 0. The summed E-state index contributed by atoms with van der Waals surface area (Å²) in [4.78, 5) is 22.6. The largest absolute Gasteiger partial charge is 0.370 e. The van der Waals surface area contributed by atoms with Crippen LogP contribution >= 0.6 is 0 Å². The third kappa shape index (κ3) is 4.01. The highest BCUT2D eigenvalue weighted by atomic mass is 16.2. The summed E-state index contributed by atoms with van der Waals surface area (Å²) >= 11 is 0. The molecule has 0 saturated carbocycles. The van der Waals surface area contributed by atoms with E-state index in [2.05, 4.69) is 15.3 Å². The Labute approximate surface area is 138 Å². The highest BCUT2D eigenvalue weighted by molar-refractivity contribution is 5.73. The monoisotopic (exact) mass is 316 g/mol. The smallest absolute Gasteiger partial charge is 0.219 e. The molecule has 1 aromatic rings. The summed E-state index contributed by atoms with van der Waals surface area (Å²) in [6, 6.07) is 0. The Kier molecular flexibility index (Phi) is 5.13. The number of hydrogen-bond donors (Lipinski definition) is 1. The number of likely N-dealkylation sites (tertiary alicyclic amines) is 1. The van der Waals surface area contributed by atoms with Gasteiger partial charge >= 0.3 is 0 Å². The Morgan fingerprint density at radius 1 is 1.22 bits per heavy atom. The van der Waals surface area contributed by atoms with E-state index in [9.17, 15) is 4.79 Å². The Bertz CT molecular complexity index is 564. The second-order valence-corrected chi connectivity index (χ2v) is 6.92. The predicted octanol–water partition coefficient (Wildman–Crippen LogP) is 2.72. The van der Waals surface area contributed by atoms with Crippen LogP contribution in [-0.4, -0.2) is 40.4 Å². The SMILES string of the molecule is CC(=O)N1CCC(CCNc2nc(C)nc3c2CCCC3)CC1. The van der Waals surface area contributed by atoms with Gasteiger partial charge in [0.25, 0.3) is 0 Å². The summed E-state index contributed by atoms with van der Waals surface area (Å²) in [6.07, 6.45) is 8.11. The minimum atomic E-state index is 0.213. The Balaban J connectivity index is 1.52. The van der Waals surface area contributed by atoms with Crippen molar-refractivity contribution in [3.8, 4) is 0 Å². The molecule has 1 aromatic heterocycles. The van der Waals surface area contributed by atoms with Crippen molar-refractivity contribution in [1.29, 1.82) is 0 Å². The lowest BCUT2D eigenvalue weighted by molar-refractivity contribution is -0.130. The number of fused-ring (bicyclic) bond motifs is 1. The van der Waals surface area contributed by atoms with Crippen molar-refractivity contribution < 1.29 is 4.79 Å². The lowest BCUT2D eigenvalue weighted by atomic mass is 9.93. The van der Waals surface area contributed by atoms with E-state index in [0.717, 1.165) is 69.3 Å². The number of aromatic nitrogens is 2. The summed E-state index contributed by atoms with van der Waals surface area (Å²) in [5.41, 5.74) is 2.59. The lowest BCUT2D eigenvalue weighted by Gasteiger charge is -2.31. The molecule has 0 spiro atoms. The van der Waals surface area contributed by atoms with Gasteiger partial charge in [0, 0.05) is 37.8 Å². The molecule has 1 aliphatic carbocycles. The maximum Gasteiger partial charge on any atom is 0.219 e. The van der Waals surface area contributed by atoms with E-state index in [-0.39, 0.29) is 5.91 Å². The molecule has 1 saturated heterocycles. The standard InChI is InChI=1S/C18H28N4O/c1-13-20-17-6-4-3-5-16(17)18(21-13)19-10-7-15-8-11-22(12-9-15)14(2)23/h15H,3-12H2,1-2H3,(H,19,20,21). The van der Waals surface area contributed by atoms with Gasteiger partial charge in [-0.1, -0.05) is 0 Å². The van der Waals surface area contributed by atoms with E-state index >= 15 is 0 Å². The van der Waals surface area contributed by atoms with Crippen molar-refractivity contribution in [3.63, 3.8) is 0 Å². The first kappa shape index (κ1) is 16.2. The molecule has 5 nitrogen and oxygen atoms in total. The normalized spacial score (nSPS) is 18.6. The average molecular weight is 316 g/mol. The molecule has 23 heavy (non-hydrogen) atoms. The van der Waals surface area contributed by atoms with Crippen LogP contribution in [0.3, 0.4) is 0 Å². The zero-order valence-electron chi connectivity index (χ0n) is 14.4. The van der Waals surface area contributed by atoms with Gasteiger partial charge in [-0.05, 0) is 57.8 Å². The summed E-state index contributed by atoms with van der Waals surface area (Å²) in [6.45, 7) is 6.46. The van der Waals surface area contributed by atoms with Crippen LogP contribution in [0.4, 0.5) is 5.82 Å². The minimum Gasteiger partial charge on any atom is -0.370 e. The second-order valence-electron chi connectivity index (χ2n) is 6.92. The molecule has 1 N–H and O–H groups in total. The molecule has 5 heteroatoms. The maximum atomic E-state index is 11.4. The van der Waals surface area contributed by atoms with Crippen LogP contribution in [0.1, 0.15) is 56.1 Å². The van der Waals surface area contributed by atoms with Gasteiger partial charge in [0.05, 0.1) is 0 Å². The number of carbonyl (C=O) groups is 1. The Morgan fingerprint density at radius 3 is 2.70 bits per heavy atom. The Hall–Kier alpha value is -1.65. The molecule has 1 amide bonds. The summed E-state index contributed by atoms with van der Waals surface area (Å²) in [5, 5.41) is 3.56. The van der Waals surface area contributed by atoms with Crippen LogP contribution in [0.5, 0.6) is 0 Å². The molecule has 3 rings (SSSR count). The average Bonchev–Trinajstić information content (AvgIpc) is 2.55. The number of piperidine rings is 1. The van der Waals surface area contributed by atoms with Crippen molar-refractivity contribution in [1.82, 2.24) is 14.9 Å². The molecule has 0 bridgehead atoms. The van der Waals surface area contributed by atoms with Crippen molar-refractivity contribution in [3.05, 3.63) is 17.1 Å². The molecular weight excluding hydrogens is 288 g/mol. The van der Waals surface area contributed by atoms with Crippen LogP contribution in [-0.2, 0) is 17.6 Å². The first-order valence-electron chi connectivity index (χ1n) is 8.99. The Morgan fingerprint density at radius 2 is 1.96 bits per heavy atom. The number of nitrogens with zero attached hydrogens (tertiary/aromatic N) is 3. The van der Waals surface area contributed by atoms with E-state index in [1.807, 2.05) is 11.8 Å². The quantitative estimate of drug-likeness (QED) is 0.928. The van der Waals surface area contributed by atoms with Crippen molar-refractivity contribution in [2.75, 3.05) is 25.0 Å². The summed E-state index contributed by atoms with van der Waals surface area (Å²) < 4.78 is 0. The van der Waals surface area contributed by atoms with Crippen LogP contribution < -0.4 is 5.32 Å². The van der Waals surface area contributed by atoms with Gasteiger partial charge < -0.3 is 10.2 Å². The molecule has 2 heterocycles. The van der Waals surface area contributed by atoms with E-state index in [1.54, 1.807) is 6.92 Å². The number of rotatable bonds is 4. The molecule has 1 fully saturated rings. The van der Waals surface area contributed by atoms with Crippen LogP contribution in [0, 0.1) is 12.8 Å². The van der Waals surface area contributed by atoms with Gasteiger partial charge in [0.2, 0.25) is 5.91 Å². The molecular formula is C18H28N4O. The first-order chi connectivity index (χ1) is 11.1. The van der Waals surface area contributed by atoms with Crippen molar-refractivity contribution in [2.24, 2.45) is 5.92 Å². The van der Waals surface area contributed by atoms with E-state index < -0.39 is 0 Å². The van der Waals surface area contributed by atoms with Crippen LogP contribution in [0.15, 0.2) is 0 Å². The molecule has 0 unspecified atom stereocenters. The first-order valence-corrected chi connectivity index (χ1v) is 8.99. The molecule has 2 aliphatic rings. The van der Waals surface area contributed by atoms with Crippen LogP contribution in [0.2, 0.25) is 0 Å². The lowest BCUT2D eigenvalue weighted by Crippen LogP contribution is -2.37. The number of aryl methyl sites for hydroxylation is 2. The van der Waals surface area contributed by atoms with Crippen LogP contribution in [0.25, 0.3) is 0 Å².